The summed E-state index contributed by atoms with van der Waals surface area (Å²) < 4.78 is 5.05. The lowest BCUT2D eigenvalue weighted by atomic mass is 10.1. The van der Waals surface area contributed by atoms with Gasteiger partial charge in [0.1, 0.15) is 5.75 Å². The Hall–Kier alpha value is -3.15. The first-order valence-electron chi connectivity index (χ1n) is 7.39. The lowest BCUT2D eigenvalue weighted by Crippen LogP contribution is -2.34. The molecule has 24 heavy (non-hydrogen) atoms. The van der Waals surface area contributed by atoms with E-state index in [9.17, 15) is 9.59 Å². The van der Waals surface area contributed by atoms with Gasteiger partial charge in [0.25, 0.3) is 11.8 Å². The van der Waals surface area contributed by atoms with Crippen molar-refractivity contribution < 1.29 is 14.3 Å². The molecule has 124 valence electrons. The highest BCUT2D eigenvalue weighted by Crippen LogP contribution is 2.09. The van der Waals surface area contributed by atoms with Gasteiger partial charge in [0.2, 0.25) is 0 Å². The van der Waals surface area contributed by atoms with Gasteiger partial charge in [0.05, 0.1) is 19.9 Å². The second-order valence-electron chi connectivity index (χ2n) is 5.12. The molecule has 0 saturated carbocycles. The van der Waals surface area contributed by atoms with Crippen LogP contribution in [0.25, 0.3) is 0 Å². The van der Waals surface area contributed by atoms with Crippen molar-refractivity contribution in [2.45, 2.75) is 6.92 Å². The second-order valence-corrected chi connectivity index (χ2v) is 5.12. The highest BCUT2D eigenvalue weighted by atomic mass is 16.5. The number of hydrogen-bond acceptors (Lipinski definition) is 4. The van der Waals surface area contributed by atoms with Gasteiger partial charge in [0.15, 0.2) is 0 Å². The summed E-state index contributed by atoms with van der Waals surface area (Å²) in [7, 11) is 1.59. The molecule has 2 N–H and O–H groups in total. The molecule has 0 fully saturated rings. The summed E-state index contributed by atoms with van der Waals surface area (Å²) in [5.74, 6) is 0.0412. The summed E-state index contributed by atoms with van der Waals surface area (Å²) in [5.41, 5.74) is 4.76. The molecule has 0 radical (unpaired) electrons. The van der Waals surface area contributed by atoms with E-state index in [1.54, 1.807) is 31.4 Å². The van der Waals surface area contributed by atoms with E-state index in [0.29, 0.717) is 5.56 Å². The number of benzene rings is 2. The van der Waals surface area contributed by atoms with Crippen LogP contribution in [0, 0.1) is 6.92 Å². The zero-order valence-electron chi connectivity index (χ0n) is 13.6. The molecule has 6 nitrogen and oxygen atoms in total. The molecule has 0 unspecified atom stereocenters. The maximum absolute atomic E-state index is 11.9. The van der Waals surface area contributed by atoms with Crippen molar-refractivity contribution in [2.24, 2.45) is 5.10 Å². The summed E-state index contributed by atoms with van der Waals surface area (Å²) in [5, 5.41) is 6.38. The van der Waals surface area contributed by atoms with Crippen molar-refractivity contribution in [3.05, 3.63) is 65.2 Å². The minimum atomic E-state index is -0.403. The zero-order chi connectivity index (χ0) is 17.4. The van der Waals surface area contributed by atoms with Crippen LogP contribution in [0.1, 0.15) is 21.5 Å². The van der Waals surface area contributed by atoms with E-state index in [1.807, 2.05) is 31.2 Å². The first kappa shape index (κ1) is 17.2. The number of hydrazone groups is 1. The average Bonchev–Trinajstić information content (AvgIpc) is 2.61. The van der Waals surface area contributed by atoms with Crippen LogP contribution in [0.3, 0.4) is 0 Å². The first-order chi connectivity index (χ1) is 11.6. The highest BCUT2D eigenvalue weighted by Gasteiger charge is 2.06. The molecule has 0 heterocycles. The number of carbonyl (C=O) groups excluding carboxylic acids is 2. The molecule has 0 aromatic heterocycles. The molecule has 0 saturated heterocycles. The van der Waals surface area contributed by atoms with E-state index in [2.05, 4.69) is 15.8 Å². The second kappa shape index (κ2) is 8.47. The minimum Gasteiger partial charge on any atom is -0.497 e. The monoisotopic (exact) mass is 325 g/mol. The smallest absolute Gasteiger partial charge is 0.259 e. The molecule has 2 aromatic carbocycles. The molecule has 0 aliphatic heterocycles. The van der Waals surface area contributed by atoms with E-state index in [4.69, 9.17) is 4.74 Å². The molecular weight excluding hydrogens is 306 g/mol. The van der Waals surface area contributed by atoms with Crippen molar-refractivity contribution in [1.82, 2.24) is 10.7 Å². The van der Waals surface area contributed by atoms with E-state index in [0.717, 1.165) is 16.9 Å². The molecule has 2 amide bonds. The minimum absolute atomic E-state index is 0.146. The van der Waals surface area contributed by atoms with Crippen molar-refractivity contribution in [3.8, 4) is 5.75 Å². The third-order valence-electron chi connectivity index (χ3n) is 3.24. The summed E-state index contributed by atoms with van der Waals surface area (Å²) in [6.07, 6.45) is 1.51. The zero-order valence-corrected chi connectivity index (χ0v) is 13.6. The molecular formula is C18H19N3O3. The van der Waals surface area contributed by atoms with E-state index in [-0.39, 0.29) is 12.5 Å². The van der Waals surface area contributed by atoms with Crippen LogP contribution in [-0.2, 0) is 4.79 Å². The number of carbonyl (C=O) groups is 2. The number of nitrogens with zero attached hydrogens (tertiary/aromatic N) is 1. The van der Waals surface area contributed by atoms with Gasteiger partial charge in [-0.25, -0.2) is 5.43 Å². The van der Waals surface area contributed by atoms with Crippen LogP contribution in [0.2, 0.25) is 0 Å². The number of ether oxygens (including phenoxy) is 1. The molecule has 0 bridgehead atoms. The molecule has 2 rings (SSSR count). The van der Waals surface area contributed by atoms with Crippen molar-refractivity contribution in [3.63, 3.8) is 0 Å². The first-order valence-corrected chi connectivity index (χ1v) is 7.39. The van der Waals surface area contributed by atoms with E-state index in [1.165, 1.54) is 6.21 Å². The fraction of sp³-hybridized carbons (Fsp3) is 0.167. The summed E-state index contributed by atoms with van der Waals surface area (Å²) >= 11 is 0. The number of rotatable bonds is 6. The topological polar surface area (TPSA) is 79.8 Å². The quantitative estimate of drug-likeness (QED) is 0.629. The SMILES string of the molecule is COc1ccc(/C=N/NC(=O)CNC(=O)c2ccc(C)cc2)cc1. The van der Waals surface area contributed by atoms with Crippen LogP contribution in [-0.4, -0.2) is 31.7 Å². The standard InChI is InChI=1S/C18H19N3O3/c1-13-3-7-15(8-4-13)18(23)19-12-17(22)21-20-11-14-5-9-16(24-2)10-6-14/h3-11H,12H2,1-2H3,(H,19,23)(H,21,22)/b20-11+. The molecule has 0 aliphatic carbocycles. The maximum Gasteiger partial charge on any atom is 0.259 e. The lowest BCUT2D eigenvalue weighted by Gasteiger charge is -2.04. The molecule has 6 heteroatoms. The number of hydrogen-bond donors (Lipinski definition) is 2. The van der Waals surface area contributed by atoms with Gasteiger partial charge in [-0.15, -0.1) is 0 Å². The Labute approximate surface area is 140 Å². The van der Waals surface area contributed by atoms with Crippen LogP contribution >= 0.6 is 0 Å². The Morgan fingerprint density at radius 3 is 2.38 bits per heavy atom. The fourth-order valence-electron chi connectivity index (χ4n) is 1.88. The summed E-state index contributed by atoms with van der Waals surface area (Å²) in [6, 6.07) is 14.3. The number of nitrogens with one attached hydrogen (secondary N) is 2. The summed E-state index contributed by atoms with van der Waals surface area (Å²) in [6.45, 7) is 1.79. The maximum atomic E-state index is 11.9. The predicted octanol–water partition coefficient (Wildman–Crippen LogP) is 1.88. The Morgan fingerprint density at radius 2 is 1.75 bits per heavy atom. The number of amides is 2. The van der Waals surface area contributed by atoms with Gasteiger partial charge < -0.3 is 10.1 Å². The third-order valence-corrected chi connectivity index (χ3v) is 3.24. The van der Waals surface area contributed by atoms with Gasteiger partial charge in [-0.05, 0) is 48.9 Å². The van der Waals surface area contributed by atoms with Gasteiger partial charge >= 0.3 is 0 Å². The normalized spacial score (nSPS) is 10.4. The van der Waals surface area contributed by atoms with Gasteiger partial charge in [-0.1, -0.05) is 17.7 Å². The van der Waals surface area contributed by atoms with Gasteiger partial charge in [-0.2, -0.15) is 5.10 Å². The van der Waals surface area contributed by atoms with Crippen LogP contribution in [0.15, 0.2) is 53.6 Å². The fourth-order valence-corrected chi connectivity index (χ4v) is 1.88. The highest BCUT2D eigenvalue weighted by molar-refractivity contribution is 5.96. The van der Waals surface area contributed by atoms with E-state index < -0.39 is 5.91 Å². The molecule has 0 atom stereocenters. The molecule has 0 aliphatic rings. The Kier molecular flexibility index (Phi) is 6.08. The van der Waals surface area contributed by atoms with Crippen molar-refractivity contribution >= 4 is 18.0 Å². The van der Waals surface area contributed by atoms with Gasteiger partial charge in [0, 0.05) is 5.56 Å². The number of methoxy groups -OCH3 is 1. The predicted molar refractivity (Wildman–Crippen MR) is 92.2 cm³/mol. The molecule has 2 aromatic rings. The third kappa shape index (κ3) is 5.24. The van der Waals surface area contributed by atoms with Gasteiger partial charge in [-0.3, -0.25) is 9.59 Å². The van der Waals surface area contributed by atoms with Crippen molar-refractivity contribution in [2.75, 3.05) is 13.7 Å². The Morgan fingerprint density at radius 1 is 1.08 bits per heavy atom. The van der Waals surface area contributed by atoms with E-state index >= 15 is 0 Å². The molecule has 0 spiro atoms. The van der Waals surface area contributed by atoms with Crippen LogP contribution in [0.5, 0.6) is 5.75 Å². The van der Waals surface area contributed by atoms with Crippen LogP contribution < -0.4 is 15.5 Å². The van der Waals surface area contributed by atoms with Crippen molar-refractivity contribution in [1.29, 1.82) is 0 Å². The summed E-state index contributed by atoms with van der Waals surface area (Å²) in [4.78, 5) is 23.5. The lowest BCUT2D eigenvalue weighted by molar-refractivity contribution is -0.120. The Bertz CT molecular complexity index is 722. The largest absolute Gasteiger partial charge is 0.497 e. The average molecular weight is 325 g/mol. The van der Waals surface area contributed by atoms with Crippen LogP contribution in [0.4, 0.5) is 0 Å². The Balaban J connectivity index is 1.77. The number of aryl methyl sites for hydroxylation is 1.